The smallest absolute Gasteiger partial charge is 0.273 e. The van der Waals surface area contributed by atoms with Gasteiger partial charge in [0.2, 0.25) is 5.91 Å². The molecular weight excluding hydrogens is 185 g/mol. The van der Waals surface area contributed by atoms with Crippen LogP contribution in [0.25, 0.3) is 0 Å². The topological polar surface area (TPSA) is 41.5 Å². The van der Waals surface area contributed by atoms with Crippen LogP contribution in [0.1, 0.15) is 19.8 Å². The molecule has 13 heavy (non-hydrogen) atoms. The Kier molecular flexibility index (Phi) is 2.58. The first-order chi connectivity index (χ1) is 5.95. The number of alkyl halides is 3. The number of nitrogens with zero attached hydrogens (tertiary/aromatic N) is 1. The molecule has 0 radical (unpaired) electrons. The summed E-state index contributed by atoms with van der Waals surface area (Å²) in [6.45, 7) is 1.67. The Bertz CT molecular complexity index is 247. The van der Waals surface area contributed by atoms with Crippen molar-refractivity contribution in [3.63, 3.8) is 0 Å². The summed E-state index contributed by atoms with van der Waals surface area (Å²) in [5, 5.41) is 2.97. The maximum Gasteiger partial charge on any atom is 0.431 e. The highest BCUT2D eigenvalue weighted by atomic mass is 19.4. The van der Waals surface area contributed by atoms with E-state index in [1.807, 2.05) is 5.43 Å². The molecule has 1 unspecified atom stereocenters. The Hall–Kier alpha value is -1.07. The molecule has 1 heterocycles. The number of hydrazone groups is 1. The predicted molar refractivity (Wildman–Crippen MR) is 40.0 cm³/mol. The molecule has 1 amide bonds. The van der Waals surface area contributed by atoms with Gasteiger partial charge in [-0.3, -0.25) is 4.79 Å². The van der Waals surface area contributed by atoms with E-state index in [1.54, 1.807) is 6.92 Å². The second-order valence-electron chi connectivity index (χ2n) is 2.84. The molecule has 0 spiro atoms. The lowest BCUT2D eigenvalue weighted by Crippen LogP contribution is -2.39. The normalized spacial score (nSPS) is 23.8. The number of nitrogens with one attached hydrogen (secondary N) is 1. The number of amides is 1. The lowest BCUT2D eigenvalue weighted by Gasteiger charge is -2.21. The number of carbonyl (C=O) groups is 1. The number of halogens is 3. The molecule has 0 aliphatic carbocycles. The molecule has 0 aromatic carbocycles. The van der Waals surface area contributed by atoms with Crippen LogP contribution in [-0.4, -0.2) is 17.8 Å². The zero-order valence-corrected chi connectivity index (χ0v) is 6.98. The van der Waals surface area contributed by atoms with Crippen LogP contribution in [0, 0.1) is 5.92 Å². The van der Waals surface area contributed by atoms with Crippen molar-refractivity contribution in [2.75, 3.05) is 0 Å². The molecule has 0 fully saturated rings. The first-order valence-electron chi connectivity index (χ1n) is 3.88. The average molecular weight is 194 g/mol. The highest BCUT2D eigenvalue weighted by Gasteiger charge is 2.40. The molecule has 0 saturated heterocycles. The van der Waals surface area contributed by atoms with Gasteiger partial charge in [0, 0.05) is 12.3 Å². The minimum absolute atomic E-state index is 0.314. The molecule has 1 rings (SSSR count). The maximum absolute atomic E-state index is 12.1. The molecule has 6 heteroatoms. The van der Waals surface area contributed by atoms with Gasteiger partial charge in [0.1, 0.15) is 5.71 Å². The van der Waals surface area contributed by atoms with E-state index in [9.17, 15) is 18.0 Å². The summed E-state index contributed by atoms with van der Waals surface area (Å²) >= 11 is 0. The number of carbonyl (C=O) groups excluding carboxylic acids is 1. The Morgan fingerprint density at radius 1 is 1.62 bits per heavy atom. The van der Waals surface area contributed by atoms with Crippen LogP contribution in [-0.2, 0) is 4.79 Å². The highest BCUT2D eigenvalue weighted by molar-refractivity contribution is 5.97. The van der Waals surface area contributed by atoms with Crippen LogP contribution < -0.4 is 5.43 Å². The summed E-state index contributed by atoms with van der Waals surface area (Å²) in [4.78, 5) is 10.9. The van der Waals surface area contributed by atoms with E-state index in [0.29, 0.717) is 6.42 Å². The third-order valence-corrected chi connectivity index (χ3v) is 1.93. The fourth-order valence-corrected chi connectivity index (χ4v) is 1.09. The Morgan fingerprint density at radius 3 is 2.69 bits per heavy atom. The van der Waals surface area contributed by atoms with E-state index in [1.165, 1.54) is 0 Å². The van der Waals surface area contributed by atoms with Gasteiger partial charge >= 0.3 is 6.18 Å². The predicted octanol–water partition coefficient (Wildman–Crippen LogP) is 1.45. The van der Waals surface area contributed by atoms with Crippen LogP contribution in [0.2, 0.25) is 0 Å². The lowest BCUT2D eigenvalue weighted by molar-refractivity contribution is -0.126. The molecule has 3 nitrogen and oxygen atoms in total. The van der Waals surface area contributed by atoms with Crippen LogP contribution in [0.15, 0.2) is 5.10 Å². The van der Waals surface area contributed by atoms with Gasteiger partial charge in [0.05, 0.1) is 0 Å². The zero-order chi connectivity index (χ0) is 10.1. The molecule has 1 aliphatic heterocycles. The van der Waals surface area contributed by atoms with Crippen molar-refractivity contribution in [1.29, 1.82) is 0 Å². The molecule has 1 N–H and O–H groups in total. The molecule has 1 aliphatic rings. The quantitative estimate of drug-likeness (QED) is 0.674. The summed E-state index contributed by atoms with van der Waals surface area (Å²) in [5.74, 6) is -1.04. The van der Waals surface area contributed by atoms with Gasteiger partial charge in [-0.15, -0.1) is 0 Å². The van der Waals surface area contributed by atoms with Crippen molar-refractivity contribution in [3.05, 3.63) is 0 Å². The van der Waals surface area contributed by atoms with Crippen molar-refractivity contribution < 1.29 is 18.0 Å². The third kappa shape index (κ3) is 2.19. The summed E-state index contributed by atoms with van der Waals surface area (Å²) < 4.78 is 36.3. The Morgan fingerprint density at radius 2 is 2.23 bits per heavy atom. The van der Waals surface area contributed by atoms with Gasteiger partial charge in [-0.25, -0.2) is 5.43 Å². The average Bonchev–Trinajstić information content (AvgIpc) is 2.03. The lowest BCUT2D eigenvalue weighted by atomic mass is 9.97. The molecule has 74 valence electrons. The Balaban J connectivity index is 2.77. The fourth-order valence-electron chi connectivity index (χ4n) is 1.09. The molecule has 0 saturated carbocycles. The summed E-state index contributed by atoms with van der Waals surface area (Å²) in [6.07, 6.45) is -4.35. The highest BCUT2D eigenvalue weighted by Crippen LogP contribution is 2.25. The van der Waals surface area contributed by atoms with Crippen molar-refractivity contribution in [2.24, 2.45) is 11.0 Å². The summed E-state index contributed by atoms with van der Waals surface area (Å²) in [5.41, 5.74) is 0.965. The molecular formula is C7H9F3N2O. The van der Waals surface area contributed by atoms with E-state index in [2.05, 4.69) is 5.10 Å². The number of hydrogen-bond donors (Lipinski definition) is 1. The molecule has 0 aromatic rings. The largest absolute Gasteiger partial charge is 0.431 e. The van der Waals surface area contributed by atoms with Gasteiger partial charge < -0.3 is 0 Å². The molecule has 1 atom stereocenters. The first-order valence-corrected chi connectivity index (χ1v) is 3.88. The van der Waals surface area contributed by atoms with Crippen LogP contribution >= 0.6 is 0 Å². The SMILES string of the molecule is CCC1CC(C(F)(F)F)=NNC1=O. The minimum Gasteiger partial charge on any atom is -0.273 e. The van der Waals surface area contributed by atoms with Crippen molar-refractivity contribution >= 4 is 11.6 Å². The minimum atomic E-state index is -4.43. The van der Waals surface area contributed by atoms with Crippen LogP contribution in [0.3, 0.4) is 0 Å². The van der Waals surface area contributed by atoms with Crippen LogP contribution in [0.5, 0.6) is 0 Å². The third-order valence-electron chi connectivity index (χ3n) is 1.93. The van der Waals surface area contributed by atoms with Gasteiger partial charge in [-0.05, 0) is 6.42 Å². The van der Waals surface area contributed by atoms with Crippen molar-refractivity contribution in [3.8, 4) is 0 Å². The van der Waals surface area contributed by atoms with Gasteiger partial charge in [0.25, 0.3) is 0 Å². The second-order valence-corrected chi connectivity index (χ2v) is 2.84. The number of rotatable bonds is 1. The van der Waals surface area contributed by atoms with E-state index in [4.69, 9.17) is 0 Å². The summed E-state index contributed by atoms with van der Waals surface area (Å²) in [7, 11) is 0. The maximum atomic E-state index is 12.1. The van der Waals surface area contributed by atoms with E-state index in [-0.39, 0.29) is 6.42 Å². The Labute approximate surface area is 73.0 Å². The van der Waals surface area contributed by atoms with Gasteiger partial charge in [0.15, 0.2) is 0 Å². The van der Waals surface area contributed by atoms with Gasteiger partial charge in [-0.2, -0.15) is 18.3 Å². The van der Waals surface area contributed by atoms with Crippen LogP contribution in [0.4, 0.5) is 13.2 Å². The van der Waals surface area contributed by atoms with E-state index < -0.39 is 23.7 Å². The second kappa shape index (κ2) is 3.35. The van der Waals surface area contributed by atoms with Crippen molar-refractivity contribution in [2.45, 2.75) is 25.9 Å². The standard InChI is InChI=1S/C7H9F3N2O/c1-2-4-3-5(7(8,9)10)11-12-6(4)13/h4H,2-3H2,1H3,(H,12,13). The fraction of sp³-hybridized carbons (Fsp3) is 0.714. The summed E-state index contributed by atoms with van der Waals surface area (Å²) in [6, 6.07) is 0. The van der Waals surface area contributed by atoms with E-state index in [0.717, 1.165) is 0 Å². The molecule has 0 aromatic heterocycles. The number of hydrogen-bond acceptors (Lipinski definition) is 2. The zero-order valence-electron chi connectivity index (χ0n) is 6.98. The van der Waals surface area contributed by atoms with Crippen molar-refractivity contribution in [1.82, 2.24) is 5.43 Å². The van der Waals surface area contributed by atoms with Gasteiger partial charge in [-0.1, -0.05) is 6.92 Å². The monoisotopic (exact) mass is 194 g/mol. The molecule has 0 bridgehead atoms. The first kappa shape index (κ1) is 10.0. The van der Waals surface area contributed by atoms with E-state index >= 15 is 0 Å².